The molecule has 0 aliphatic rings. The van der Waals surface area contributed by atoms with Gasteiger partial charge in [0.1, 0.15) is 11.6 Å². The molecule has 0 saturated heterocycles. The van der Waals surface area contributed by atoms with E-state index in [0.717, 1.165) is 0 Å². The molecular weight excluding hydrogens is 347 g/mol. The van der Waals surface area contributed by atoms with Crippen molar-refractivity contribution in [2.75, 3.05) is 0 Å². The van der Waals surface area contributed by atoms with Gasteiger partial charge < -0.3 is 4.74 Å². The quantitative estimate of drug-likeness (QED) is 0.325. The van der Waals surface area contributed by atoms with E-state index in [2.05, 4.69) is 10.5 Å². The molecule has 0 saturated carbocycles. The van der Waals surface area contributed by atoms with Gasteiger partial charge in [-0.15, -0.1) is 0 Å². The van der Waals surface area contributed by atoms with Gasteiger partial charge in [-0.05, 0) is 54.1 Å². The number of carbonyl (C=O) groups is 2. The number of hydrazone groups is 1. The van der Waals surface area contributed by atoms with Gasteiger partial charge in [0.2, 0.25) is 0 Å². The number of amides is 1. The third-order valence-corrected chi connectivity index (χ3v) is 3.60. The molecule has 3 aromatic carbocycles. The molecule has 27 heavy (non-hydrogen) atoms. The van der Waals surface area contributed by atoms with Crippen LogP contribution in [0.15, 0.2) is 84.0 Å². The van der Waals surface area contributed by atoms with E-state index in [1.165, 1.54) is 24.4 Å². The number of nitrogens with zero attached hydrogens (tertiary/aromatic N) is 1. The van der Waals surface area contributed by atoms with E-state index < -0.39 is 11.8 Å². The van der Waals surface area contributed by atoms with Crippen molar-refractivity contribution in [2.45, 2.75) is 0 Å². The number of hydrogen-bond donors (Lipinski definition) is 1. The normalized spacial score (nSPS) is 10.6. The Labute approximate surface area is 155 Å². The summed E-state index contributed by atoms with van der Waals surface area (Å²) in [5.41, 5.74) is 3.49. The summed E-state index contributed by atoms with van der Waals surface area (Å²) in [6, 6.07) is 20.7. The molecule has 6 heteroatoms. The lowest BCUT2D eigenvalue weighted by Gasteiger charge is -2.05. The predicted molar refractivity (Wildman–Crippen MR) is 99.3 cm³/mol. The van der Waals surface area contributed by atoms with Crippen LogP contribution in [-0.2, 0) is 0 Å². The van der Waals surface area contributed by atoms with Gasteiger partial charge in [-0.2, -0.15) is 5.10 Å². The van der Waals surface area contributed by atoms with Crippen molar-refractivity contribution >= 4 is 18.1 Å². The smallest absolute Gasteiger partial charge is 0.346 e. The summed E-state index contributed by atoms with van der Waals surface area (Å²) in [4.78, 5) is 23.8. The molecule has 0 spiro atoms. The van der Waals surface area contributed by atoms with Crippen LogP contribution in [0.25, 0.3) is 0 Å². The van der Waals surface area contributed by atoms with E-state index in [-0.39, 0.29) is 17.2 Å². The lowest BCUT2D eigenvalue weighted by atomic mass is 10.2. The van der Waals surface area contributed by atoms with Crippen molar-refractivity contribution < 1.29 is 18.7 Å². The maximum absolute atomic E-state index is 13.6. The lowest BCUT2D eigenvalue weighted by molar-refractivity contribution is 0.0729. The van der Waals surface area contributed by atoms with E-state index in [1.807, 2.05) is 6.07 Å². The molecule has 3 aromatic rings. The minimum atomic E-state index is -0.773. The molecular formula is C21H15FN2O3. The Balaban J connectivity index is 1.58. The van der Waals surface area contributed by atoms with Crippen molar-refractivity contribution in [1.29, 1.82) is 0 Å². The molecule has 0 radical (unpaired) electrons. The average molecular weight is 362 g/mol. The van der Waals surface area contributed by atoms with Crippen LogP contribution in [0.1, 0.15) is 26.3 Å². The molecule has 134 valence electrons. The molecule has 5 nitrogen and oxygen atoms in total. The molecule has 0 aromatic heterocycles. The summed E-state index contributed by atoms with van der Waals surface area (Å²) in [5, 5.41) is 3.89. The fraction of sp³-hybridized carbons (Fsp3) is 0. The van der Waals surface area contributed by atoms with Gasteiger partial charge in [0.25, 0.3) is 5.91 Å². The van der Waals surface area contributed by atoms with Gasteiger partial charge in [-0.1, -0.05) is 30.3 Å². The highest BCUT2D eigenvalue weighted by molar-refractivity contribution is 5.95. The maximum Gasteiger partial charge on any atom is 0.346 e. The molecule has 0 aliphatic heterocycles. The van der Waals surface area contributed by atoms with Gasteiger partial charge >= 0.3 is 5.97 Å². The Hall–Kier alpha value is -3.80. The van der Waals surface area contributed by atoms with Crippen molar-refractivity contribution in [2.24, 2.45) is 5.10 Å². The largest absolute Gasteiger partial charge is 0.423 e. The summed E-state index contributed by atoms with van der Waals surface area (Å²) in [6.45, 7) is 0. The summed E-state index contributed by atoms with van der Waals surface area (Å²) in [6.07, 6.45) is 1.46. The summed E-state index contributed by atoms with van der Waals surface area (Å²) < 4.78 is 18.7. The second-order valence-electron chi connectivity index (χ2n) is 5.50. The highest BCUT2D eigenvalue weighted by Gasteiger charge is 2.13. The topological polar surface area (TPSA) is 67.8 Å². The summed E-state index contributed by atoms with van der Waals surface area (Å²) in [5.74, 6) is -1.46. The minimum Gasteiger partial charge on any atom is -0.423 e. The van der Waals surface area contributed by atoms with E-state index in [9.17, 15) is 14.0 Å². The van der Waals surface area contributed by atoms with Crippen molar-refractivity contribution in [3.63, 3.8) is 0 Å². The van der Waals surface area contributed by atoms with E-state index in [0.29, 0.717) is 11.1 Å². The number of benzene rings is 3. The van der Waals surface area contributed by atoms with Gasteiger partial charge in [-0.3, -0.25) is 4.79 Å². The lowest BCUT2D eigenvalue weighted by Crippen LogP contribution is -2.17. The molecule has 0 unspecified atom stereocenters. The van der Waals surface area contributed by atoms with E-state index in [4.69, 9.17) is 4.74 Å². The summed E-state index contributed by atoms with van der Waals surface area (Å²) >= 11 is 0. The van der Waals surface area contributed by atoms with Crippen molar-refractivity contribution in [3.8, 4) is 5.75 Å². The molecule has 1 N–H and O–H groups in total. The maximum atomic E-state index is 13.6. The van der Waals surface area contributed by atoms with Crippen LogP contribution in [-0.4, -0.2) is 18.1 Å². The zero-order valence-electron chi connectivity index (χ0n) is 14.1. The monoisotopic (exact) mass is 362 g/mol. The Bertz CT molecular complexity index is 970. The van der Waals surface area contributed by atoms with Crippen LogP contribution in [0, 0.1) is 5.82 Å². The second-order valence-corrected chi connectivity index (χ2v) is 5.50. The van der Waals surface area contributed by atoms with Crippen LogP contribution in [0.5, 0.6) is 5.75 Å². The Morgan fingerprint density at radius 2 is 1.56 bits per heavy atom. The number of carbonyl (C=O) groups excluding carboxylic acids is 2. The highest BCUT2D eigenvalue weighted by Crippen LogP contribution is 2.15. The highest BCUT2D eigenvalue weighted by atomic mass is 19.1. The first-order valence-electron chi connectivity index (χ1n) is 8.09. The van der Waals surface area contributed by atoms with Crippen LogP contribution in [0.3, 0.4) is 0 Å². The zero-order chi connectivity index (χ0) is 19.1. The van der Waals surface area contributed by atoms with E-state index in [1.54, 1.807) is 54.6 Å². The van der Waals surface area contributed by atoms with Crippen LogP contribution in [0.4, 0.5) is 4.39 Å². The Morgan fingerprint density at radius 3 is 2.26 bits per heavy atom. The third kappa shape index (κ3) is 4.85. The average Bonchev–Trinajstić information content (AvgIpc) is 2.70. The number of halogens is 1. The fourth-order valence-corrected chi connectivity index (χ4v) is 2.23. The molecule has 0 atom stereocenters. The molecule has 0 fully saturated rings. The predicted octanol–water partition coefficient (Wildman–Crippen LogP) is 3.81. The molecule has 0 heterocycles. The van der Waals surface area contributed by atoms with Crippen LogP contribution in [0.2, 0.25) is 0 Å². The molecule has 3 rings (SSSR count). The molecule has 1 amide bonds. The van der Waals surface area contributed by atoms with Gasteiger partial charge in [0.05, 0.1) is 11.8 Å². The SMILES string of the molecule is O=C(NN=Cc1ccc(OC(=O)c2ccccc2F)cc1)c1ccccc1. The Morgan fingerprint density at radius 1 is 0.889 bits per heavy atom. The van der Waals surface area contributed by atoms with Gasteiger partial charge in [0.15, 0.2) is 0 Å². The zero-order valence-corrected chi connectivity index (χ0v) is 14.1. The Kier molecular flexibility index (Phi) is 5.69. The van der Waals surface area contributed by atoms with Crippen molar-refractivity contribution in [3.05, 3.63) is 101 Å². The molecule has 0 bridgehead atoms. The van der Waals surface area contributed by atoms with Gasteiger partial charge in [-0.25, -0.2) is 14.6 Å². The number of esters is 1. The first-order valence-corrected chi connectivity index (χ1v) is 8.09. The minimum absolute atomic E-state index is 0.133. The number of ether oxygens (including phenoxy) is 1. The first kappa shape index (κ1) is 18.0. The standard InChI is InChI=1S/C21H15FN2O3/c22-19-9-5-4-8-18(19)21(26)27-17-12-10-15(11-13-17)14-23-24-20(25)16-6-2-1-3-7-16/h1-14H,(H,24,25). The number of nitrogens with one attached hydrogen (secondary N) is 1. The summed E-state index contributed by atoms with van der Waals surface area (Å²) in [7, 11) is 0. The third-order valence-electron chi connectivity index (χ3n) is 3.60. The van der Waals surface area contributed by atoms with Crippen molar-refractivity contribution in [1.82, 2.24) is 5.43 Å². The second kappa shape index (κ2) is 8.53. The van der Waals surface area contributed by atoms with Crippen LogP contribution >= 0.6 is 0 Å². The van der Waals surface area contributed by atoms with E-state index >= 15 is 0 Å². The first-order chi connectivity index (χ1) is 13.1. The van der Waals surface area contributed by atoms with Gasteiger partial charge in [0, 0.05) is 5.56 Å². The molecule has 0 aliphatic carbocycles. The van der Waals surface area contributed by atoms with Crippen LogP contribution < -0.4 is 10.2 Å². The number of hydrogen-bond acceptors (Lipinski definition) is 4. The number of rotatable bonds is 5. The fourth-order valence-electron chi connectivity index (χ4n) is 2.23.